The van der Waals surface area contributed by atoms with Crippen LogP contribution in [-0.4, -0.2) is 34.0 Å². The van der Waals surface area contributed by atoms with E-state index in [0.29, 0.717) is 0 Å². The molecule has 1 aliphatic carbocycles. The summed E-state index contributed by atoms with van der Waals surface area (Å²) in [6, 6.07) is 6.52. The lowest BCUT2D eigenvalue weighted by molar-refractivity contribution is 0.348. The van der Waals surface area contributed by atoms with Crippen molar-refractivity contribution < 1.29 is 0 Å². The van der Waals surface area contributed by atoms with E-state index in [2.05, 4.69) is 61.8 Å². The third kappa shape index (κ3) is 4.62. The topological polar surface area (TPSA) is 31.2 Å². The van der Waals surface area contributed by atoms with Gasteiger partial charge in [-0.15, -0.1) is 0 Å². The molecular weight excluding hydrogens is 400 g/mol. The van der Waals surface area contributed by atoms with Gasteiger partial charge in [0.15, 0.2) is 0 Å². The Balaban J connectivity index is 0.00000112. The summed E-state index contributed by atoms with van der Waals surface area (Å²) in [5.74, 6) is 1.95. The molecule has 3 heterocycles. The summed E-state index contributed by atoms with van der Waals surface area (Å²) in [6.07, 6.45) is 4.93. The first-order chi connectivity index (χ1) is 14.8. The van der Waals surface area contributed by atoms with Crippen LogP contribution in [0.2, 0.25) is 0 Å². The Kier molecular flexibility index (Phi) is 6.08. The van der Waals surface area contributed by atoms with Crippen molar-refractivity contribution in [2.75, 3.05) is 13.1 Å². The fourth-order valence-corrected chi connectivity index (χ4v) is 5.33. The van der Waals surface area contributed by atoms with Crippen molar-refractivity contribution in [2.24, 2.45) is 21.4 Å². The molecule has 0 spiro atoms. The predicted octanol–water partition coefficient (Wildman–Crippen LogP) is 7.11. The molecule has 4 aliphatic rings. The van der Waals surface area contributed by atoms with Crippen LogP contribution in [0.4, 0.5) is 5.69 Å². The summed E-state index contributed by atoms with van der Waals surface area (Å²) in [5, 5.41) is 7.28. The number of hydrogen-bond acceptors (Lipinski definition) is 5. The smallest absolute Gasteiger partial charge is 0.149 e. The van der Waals surface area contributed by atoms with Crippen LogP contribution >= 0.6 is 11.9 Å². The second-order valence-electron chi connectivity index (χ2n) is 9.97. The Morgan fingerprint density at radius 1 is 1.19 bits per heavy atom. The van der Waals surface area contributed by atoms with Crippen LogP contribution in [0.3, 0.4) is 0 Å². The molecule has 31 heavy (non-hydrogen) atoms. The average Bonchev–Trinajstić information content (AvgIpc) is 3.47. The van der Waals surface area contributed by atoms with E-state index < -0.39 is 0 Å². The van der Waals surface area contributed by atoms with Crippen molar-refractivity contribution in [1.29, 1.82) is 0 Å². The Labute approximate surface area is 192 Å². The van der Waals surface area contributed by atoms with E-state index in [1.807, 2.05) is 13.8 Å². The first kappa shape index (κ1) is 22.2. The van der Waals surface area contributed by atoms with Crippen molar-refractivity contribution in [3.05, 3.63) is 47.2 Å². The van der Waals surface area contributed by atoms with Crippen LogP contribution in [0.25, 0.3) is 0 Å². The van der Waals surface area contributed by atoms with Crippen molar-refractivity contribution in [3.63, 3.8) is 0 Å². The molecule has 0 aromatic heterocycles. The highest BCUT2D eigenvalue weighted by atomic mass is 32.2. The zero-order chi connectivity index (χ0) is 22.3. The minimum Gasteiger partial charge on any atom is -0.291 e. The molecule has 0 unspecified atom stereocenters. The molecule has 1 saturated carbocycles. The fourth-order valence-electron chi connectivity index (χ4n) is 4.24. The molecule has 0 atom stereocenters. The van der Waals surface area contributed by atoms with Crippen molar-refractivity contribution >= 4 is 29.2 Å². The number of benzene rings is 1. The maximum absolute atomic E-state index is 5.11. The van der Waals surface area contributed by atoms with Gasteiger partial charge >= 0.3 is 0 Å². The molecule has 166 valence electrons. The van der Waals surface area contributed by atoms with Crippen molar-refractivity contribution in [2.45, 2.75) is 72.1 Å². The lowest BCUT2D eigenvalue weighted by Crippen LogP contribution is -2.30. The number of hydrazone groups is 1. The van der Waals surface area contributed by atoms with Gasteiger partial charge in [0.05, 0.1) is 28.5 Å². The second-order valence-corrected chi connectivity index (χ2v) is 11.0. The van der Waals surface area contributed by atoms with Gasteiger partial charge in [0.25, 0.3) is 0 Å². The van der Waals surface area contributed by atoms with Gasteiger partial charge in [-0.1, -0.05) is 60.1 Å². The number of fused-ring (bicyclic) bond motifs is 3. The second kappa shape index (κ2) is 8.50. The van der Waals surface area contributed by atoms with Crippen LogP contribution in [0.15, 0.2) is 56.6 Å². The SMILES string of the molecule is C=C1C2=C(CN3Sc4cc(C)ccc4N=C23)C(CC(C)(C)C)=NN1CCC1CC1.CC. The van der Waals surface area contributed by atoms with Crippen LogP contribution in [0.1, 0.15) is 65.9 Å². The summed E-state index contributed by atoms with van der Waals surface area (Å²) in [4.78, 5) is 6.31. The maximum atomic E-state index is 5.11. The lowest BCUT2D eigenvalue weighted by atomic mass is 9.85. The van der Waals surface area contributed by atoms with Gasteiger partial charge in [-0.05, 0) is 60.7 Å². The third-order valence-electron chi connectivity index (χ3n) is 5.95. The molecule has 0 saturated heterocycles. The summed E-state index contributed by atoms with van der Waals surface area (Å²) in [7, 11) is 0. The van der Waals surface area contributed by atoms with Gasteiger partial charge in [0, 0.05) is 17.7 Å². The quantitative estimate of drug-likeness (QED) is 0.471. The van der Waals surface area contributed by atoms with E-state index in [1.54, 1.807) is 11.9 Å². The molecule has 0 N–H and O–H groups in total. The highest BCUT2D eigenvalue weighted by molar-refractivity contribution is 7.97. The van der Waals surface area contributed by atoms with Crippen LogP contribution in [0.5, 0.6) is 0 Å². The molecule has 0 amide bonds. The van der Waals surface area contributed by atoms with Gasteiger partial charge in [-0.3, -0.25) is 9.31 Å². The summed E-state index contributed by atoms with van der Waals surface area (Å²) < 4.78 is 2.33. The Morgan fingerprint density at radius 3 is 2.61 bits per heavy atom. The third-order valence-corrected chi connectivity index (χ3v) is 6.99. The van der Waals surface area contributed by atoms with E-state index in [1.165, 1.54) is 46.6 Å². The molecule has 0 bridgehead atoms. The summed E-state index contributed by atoms with van der Waals surface area (Å²) >= 11 is 1.81. The number of amidine groups is 1. The van der Waals surface area contributed by atoms with Gasteiger partial charge in [-0.25, -0.2) is 4.99 Å². The summed E-state index contributed by atoms with van der Waals surface area (Å²) in [5.41, 5.74) is 7.31. The van der Waals surface area contributed by atoms with Gasteiger partial charge in [0.2, 0.25) is 0 Å². The highest BCUT2D eigenvalue weighted by Crippen LogP contribution is 2.46. The zero-order valence-electron chi connectivity index (χ0n) is 20.0. The average molecular weight is 437 g/mol. The maximum Gasteiger partial charge on any atom is 0.149 e. The molecule has 1 aromatic rings. The fraction of sp³-hybridized carbons (Fsp3) is 0.538. The number of aliphatic imine (C=N–C) groups is 1. The Hall–Kier alpha value is -2.01. The molecule has 5 heteroatoms. The molecule has 5 rings (SSSR count). The van der Waals surface area contributed by atoms with Crippen LogP contribution in [0, 0.1) is 18.3 Å². The highest BCUT2D eigenvalue weighted by Gasteiger charge is 2.40. The molecule has 3 aliphatic heterocycles. The number of nitrogens with zero attached hydrogens (tertiary/aromatic N) is 4. The minimum atomic E-state index is 0.190. The number of aryl methyl sites for hydroxylation is 1. The van der Waals surface area contributed by atoms with E-state index >= 15 is 0 Å². The monoisotopic (exact) mass is 436 g/mol. The van der Waals surface area contributed by atoms with Gasteiger partial charge in [-0.2, -0.15) is 5.10 Å². The molecular formula is C26H36N4S. The molecule has 1 aromatic carbocycles. The van der Waals surface area contributed by atoms with Crippen molar-refractivity contribution in [1.82, 2.24) is 9.31 Å². The van der Waals surface area contributed by atoms with E-state index in [0.717, 1.165) is 42.6 Å². The lowest BCUT2D eigenvalue weighted by Gasteiger charge is -2.31. The van der Waals surface area contributed by atoms with Crippen LogP contribution < -0.4 is 0 Å². The molecule has 0 radical (unpaired) electrons. The summed E-state index contributed by atoms with van der Waals surface area (Å²) in [6.45, 7) is 19.3. The zero-order valence-corrected chi connectivity index (χ0v) is 20.8. The van der Waals surface area contributed by atoms with Gasteiger partial charge < -0.3 is 0 Å². The van der Waals surface area contributed by atoms with E-state index in [-0.39, 0.29) is 5.41 Å². The first-order valence-electron chi connectivity index (χ1n) is 11.7. The Bertz CT molecular complexity index is 976. The number of hydrogen-bond donors (Lipinski definition) is 0. The largest absolute Gasteiger partial charge is 0.291 e. The minimum absolute atomic E-state index is 0.190. The molecule has 4 nitrogen and oxygen atoms in total. The molecule has 1 fully saturated rings. The first-order valence-corrected chi connectivity index (χ1v) is 12.5. The van der Waals surface area contributed by atoms with Crippen molar-refractivity contribution in [3.8, 4) is 0 Å². The predicted molar refractivity (Wildman–Crippen MR) is 134 cm³/mol. The van der Waals surface area contributed by atoms with Gasteiger partial charge in [0.1, 0.15) is 5.84 Å². The standard InChI is InChI=1S/C24H30N4S.C2H6/c1-15-6-9-19-21(12-15)29-28-14-18-20(13-24(3,4)5)26-27(11-10-17-7-8-17)16(2)22(18)23(28)25-19;1-2/h6,9,12,17H,2,7-8,10-11,13-14H2,1,3-5H3;1-2H3. The Morgan fingerprint density at radius 2 is 1.94 bits per heavy atom. The normalized spacial score (nSPS) is 19.9. The van der Waals surface area contributed by atoms with Crippen LogP contribution in [-0.2, 0) is 0 Å². The number of rotatable bonds is 4. The van der Waals surface area contributed by atoms with E-state index in [9.17, 15) is 0 Å². The van der Waals surface area contributed by atoms with E-state index in [4.69, 9.17) is 10.1 Å².